The van der Waals surface area contributed by atoms with Crippen LogP contribution in [0, 0.1) is 5.82 Å². The fourth-order valence-corrected chi connectivity index (χ4v) is 2.25. The van der Waals surface area contributed by atoms with Gasteiger partial charge < -0.3 is 11.1 Å². The maximum absolute atomic E-state index is 13.8. The van der Waals surface area contributed by atoms with Crippen LogP contribution in [0.2, 0.25) is 5.02 Å². The summed E-state index contributed by atoms with van der Waals surface area (Å²) < 4.78 is 13.8. The van der Waals surface area contributed by atoms with Crippen LogP contribution in [0.5, 0.6) is 0 Å². The van der Waals surface area contributed by atoms with Gasteiger partial charge in [0.15, 0.2) is 0 Å². The van der Waals surface area contributed by atoms with E-state index in [2.05, 4.69) is 10.3 Å². The van der Waals surface area contributed by atoms with E-state index in [-0.39, 0.29) is 5.69 Å². The molecule has 0 bridgehead atoms. The number of benzene rings is 2. The predicted molar refractivity (Wildman–Crippen MR) is 80.8 cm³/mol. The zero-order valence-electron chi connectivity index (χ0n) is 10.4. The van der Waals surface area contributed by atoms with Crippen LogP contribution in [0.4, 0.5) is 21.5 Å². The van der Waals surface area contributed by atoms with Crippen molar-refractivity contribution in [1.82, 2.24) is 4.98 Å². The highest BCUT2D eigenvalue weighted by Gasteiger charge is 2.10. The average molecular weight is 288 g/mol. The van der Waals surface area contributed by atoms with E-state index >= 15 is 0 Å². The van der Waals surface area contributed by atoms with Gasteiger partial charge >= 0.3 is 0 Å². The van der Waals surface area contributed by atoms with Crippen molar-refractivity contribution < 1.29 is 4.39 Å². The quantitative estimate of drug-likeness (QED) is 0.689. The predicted octanol–water partition coefficient (Wildman–Crippen LogP) is 4.35. The molecule has 3 aromatic rings. The largest absolute Gasteiger partial charge is 0.396 e. The summed E-state index contributed by atoms with van der Waals surface area (Å²) >= 11 is 5.99. The number of hydrogen-bond acceptors (Lipinski definition) is 3. The zero-order valence-corrected chi connectivity index (χ0v) is 11.2. The van der Waals surface area contributed by atoms with Crippen molar-refractivity contribution in [3.63, 3.8) is 0 Å². The summed E-state index contributed by atoms with van der Waals surface area (Å²) in [5, 5.41) is 4.05. The monoisotopic (exact) mass is 287 g/mol. The molecule has 0 atom stereocenters. The van der Waals surface area contributed by atoms with Gasteiger partial charge in [-0.1, -0.05) is 17.7 Å². The highest BCUT2D eigenvalue weighted by Crippen LogP contribution is 2.33. The van der Waals surface area contributed by atoms with Gasteiger partial charge in [0, 0.05) is 11.6 Å². The first-order valence-corrected chi connectivity index (χ1v) is 6.39. The molecule has 3 N–H and O–H groups in total. The first-order chi connectivity index (χ1) is 9.66. The Labute approximate surface area is 120 Å². The molecular weight excluding hydrogens is 277 g/mol. The van der Waals surface area contributed by atoms with Crippen molar-refractivity contribution in [2.24, 2.45) is 0 Å². The van der Waals surface area contributed by atoms with Crippen LogP contribution in [-0.2, 0) is 0 Å². The number of nitrogens with two attached hydrogens (primary N) is 1. The van der Waals surface area contributed by atoms with E-state index < -0.39 is 5.82 Å². The van der Waals surface area contributed by atoms with Crippen LogP contribution in [0.3, 0.4) is 0 Å². The molecule has 0 fully saturated rings. The van der Waals surface area contributed by atoms with E-state index in [1.807, 2.05) is 12.1 Å². The SMILES string of the molecule is Nc1c(Nc2c(F)cccc2Cl)ccc2ncccc12. The van der Waals surface area contributed by atoms with E-state index in [0.29, 0.717) is 16.4 Å². The lowest BCUT2D eigenvalue weighted by atomic mass is 10.1. The Kier molecular flexibility index (Phi) is 3.16. The minimum Gasteiger partial charge on any atom is -0.396 e. The van der Waals surface area contributed by atoms with Crippen molar-refractivity contribution >= 4 is 39.6 Å². The van der Waals surface area contributed by atoms with Gasteiger partial charge in [-0.25, -0.2) is 4.39 Å². The van der Waals surface area contributed by atoms with E-state index in [4.69, 9.17) is 17.3 Å². The molecule has 0 radical (unpaired) electrons. The third kappa shape index (κ3) is 2.14. The van der Waals surface area contributed by atoms with Gasteiger partial charge in [0.2, 0.25) is 0 Å². The van der Waals surface area contributed by atoms with Crippen molar-refractivity contribution in [1.29, 1.82) is 0 Å². The summed E-state index contributed by atoms with van der Waals surface area (Å²) in [4.78, 5) is 4.22. The van der Waals surface area contributed by atoms with Gasteiger partial charge in [-0.3, -0.25) is 4.98 Å². The van der Waals surface area contributed by atoms with Gasteiger partial charge in [0.1, 0.15) is 5.82 Å². The third-order valence-electron chi connectivity index (χ3n) is 3.05. The molecular formula is C15H11ClFN3. The highest BCUT2D eigenvalue weighted by molar-refractivity contribution is 6.33. The third-order valence-corrected chi connectivity index (χ3v) is 3.36. The molecule has 0 unspecified atom stereocenters. The second kappa shape index (κ2) is 4.98. The smallest absolute Gasteiger partial charge is 0.148 e. The second-order valence-corrected chi connectivity index (χ2v) is 4.73. The Morgan fingerprint density at radius 1 is 1.10 bits per heavy atom. The van der Waals surface area contributed by atoms with E-state index in [1.54, 1.807) is 30.5 Å². The number of aromatic nitrogens is 1. The van der Waals surface area contributed by atoms with Crippen LogP contribution in [0.15, 0.2) is 48.7 Å². The van der Waals surface area contributed by atoms with Crippen molar-refractivity contribution in [3.05, 3.63) is 59.5 Å². The van der Waals surface area contributed by atoms with Gasteiger partial charge in [0.25, 0.3) is 0 Å². The highest BCUT2D eigenvalue weighted by atomic mass is 35.5. The van der Waals surface area contributed by atoms with Crippen LogP contribution < -0.4 is 11.1 Å². The number of rotatable bonds is 2. The number of nitrogens with zero attached hydrogens (tertiary/aromatic N) is 1. The molecule has 3 rings (SSSR count). The topological polar surface area (TPSA) is 50.9 Å². The lowest BCUT2D eigenvalue weighted by Gasteiger charge is -2.13. The van der Waals surface area contributed by atoms with Gasteiger partial charge in [-0.05, 0) is 36.4 Å². The number of para-hydroxylation sites is 1. The molecule has 2 aromatic carbocycles. The van der Waals surface area contributed by atoms with Gasteiger partial charge in [-0.2, -0.15) is 0 Å². The lowest BCUT2D eigenvalue weighted by molar-refractivity contribution is 0.632. The van der Waals surface area contributed by atoms with Crippen LogP contribution in [-0.4, -0.2) is 4.98 Å². The van der Waals surface area contributed by atoms with Crippen LogP contribution in [0.1, 0.15) is 0 Å². The standard InChI is InChI=1S/C15H11ClFN3/c16-10-4-1-5-11(17)15(10)20-13-7-6-12-9(14(13)18)3-2-8-19-12/h1-8,20H,18H2. The fraction of sp³-hybridized carbons (Fsp3) is 0. The van der Waals surface area contributed by atoms with Crippen molar-refractivity contribution in [2.75, 3.05) is 11.1 Å². The number of nitrogens with one attached hydrogen (secondary N) is 1. The Morgan fingerprint density at radius 3 is 2.75 bits per heavy atom. The number of anilines is 3. The molecule has 0 saturated heterocycles. The molecule has 0 aliphatic rings. The molecule has 5 heteroatoms. The maximum Gasteiger partial charge on any atom is 0.148 e. The van der Waals surface area contributed by atoms with Crippen LogP contribution >= 0.6 is 11.6 Å². The summed E-state index contributed by atoms with van der Waals surface area (Å²) in [6, 6.07) is 11.8. The number of nitrogen functional groups attached to an aromatic ring is 1. The minimum absolute atomic E-state index is 0.212. The summed E-state index contributed by atoms with van der Waals surface area (Å²) in [7, 11) is 0. The summed E-state index contributed by atoms with van der Waals surface area (Å²) in [5.74, 6) is -0.428. The van der Waals surface area contributed by atoms with E-state index in [9.17, 15) is 4.39 Å². The molecule has 0 aliphatic carbocycles. The molecule has 0 spiro atoms. The Balaban J connectivity index is 2.10. The zero-order chi connectivity index (χ0) is 14.1. The normalized spacial score (nSPS) is 10.7. The van der Waals surface area contributed by atoms with Crippen LogP contribution in [0.25, 0.3) is 10.9 Å². The molecule has 100 valence electrons. The molecule has 3 nitrogen and oxygen atoms in total. The number of halogens is 2. The Hall–Kier alpha value is -2.33. The number of fused-ring (bicyclic) bond motifs is 1. The first-order valence-electron chi connectivity index (χ1n) is 6.01. The van der Waals surface area contributed by atoms with Gasteiger partial charge in [0.05, 0.1) is 27.6 Å². The second-order valence-electron chi connectivity index (χ2n) is 4.32. The van der Waals surface area contributed by atoms with Gasteiger partial charge in [-0.15, -0.1) is 0 Å². The average Bonchev–Trinajstić information content (AvgIpc) is 2.45. The number of hydrogen-bond donors (Lipinski definition) is 2. The maximum atomic E-state index is 13.8. The van der Waals surface area contributed by atoms with Crippen molar-refractivity contribution in [2.45, 2.75) is 0 Å². The molecule has 1 aromatic heterocycles. The molecule has 1 heterocycles. The summed E-state index contributed by atoms with van der Waals surface area (Å²) in [6.45, 7) is 0. The van der Waals surface area contributed by atoms with E-state index in [0.717, 1.165) is 10.9 Å². The Bertz CT molecular complexity index is 769. The Morgan fingerprint density at radius 2 is 1.95 bits per heavy atom. The molecule has 0 amide bonds. The lowest BCUT2D eigenvalue weighted by Crippen LogP contribution is -2.00. The summed E-state index contributed by atoms with van der Waals surface area (Å²) in [5.41, 5.74) is 8.20. The first kappa shape index (κ1) is 12.7. The minimum atomic E-state index is -0.428. The molecule has 20 heavy (non-hydrogen) atoms. The molecule has 0 aliphatic heterocycles. The fourth-order valence-electron chi connectivity index (χ4n) is 2.04. The summed E-state index contributed by atoms with van der Waals surface area (Å²) in [6.07, 6.45) is 1.70. The molecule has 0 saturated carbocycles. The van der Waals surface area contributed by atoms with E-state index in [1.165, 1.54) is 6.07 Å². The number of pyridine rings is 1. The van der Waals surface area contributed by atoms with Crippen molar-refractivity contribution in [3.8, 4) is 0 Å².